The highest BCUT2D eigenvalue weighted by Gasteiger charge is 2.25. The molecule has 134 valence electrons. The highest BCUT2D eigenvalue weighted by molar-refractivity contribution is 5.95. The first-order valence-electron chi connectivity index (χ1n) is 8.72. The number of hydrogen-bond acceptors (Lipinski definition) is 4. The van der Waals surface area contributed by atoms with Crippen LogP contribution in [-0.2, 0) is 11.2 Å². The molecule has 2 N–H and O–H groups in total. The molecule has 0 saturated carbocycles. The molecule has 1 atom stereocenters. The van der Waals surface area contributed by atoms with E-state index in [1.165, 1.54) is 11.1 Å². The Labute approximate surface area is 153 Å². The van der Waals surface area contributed by atoms with Gasteiger partial charge in [-0.3, -0.25) is 4.79 Å². The first kappa shape index (κ1) is 17.8. The Morgan fingerprint density at radius 2 is 1.77 bits per heavy atom. The van der Waals surface area contributed by atoms with E-state index in [9.17, 15) is 4.79 Å². The molecule has 26 heavy (non-hydrogen) atoms. The molecule has 0 aliphatic carbocycles. The van der Waals surface area contributed by atoms with Gasteiger partial charge in [-0.1, -0.05) is 61.0 Å². The van der Waals surface area contributed by atoms with Gasteiger partial charge in [-0.2, -0.15) is 5.21 Å². The molecule has 1 heterocycles. The first-order valence-corrected chi connectivity index (χ1v) is 8.72. The molecular formula is C20H23N5O. The molecule has 3 aromatic rings. The lowest BCUT2D eigenvalue weighted by Gasteiger charge is -2.14. The Morgan fingerprint density at radius 1 is 1.08 bits per heavy atom. The smallest absolute Gasteiger partial charge is 0.235 e. The number of aryl methyl sites for hydroxylation is 1. The number of aromatic amines is 1. The van der Waals surface area contributed by atoms with Crippen molar-refractivity contribution >= 4 is 11.6 Å². The molecule has 1 amide bonds. The van der Waals surface area contributed by atoms with Crippen molar-refractivity contribution in [3.8, 4) is 0 Å². The van der Waals surface area contributed by atoms with Crippen molar-refractivity contribution in [2.45, 2.75) is 39.0 Å². The zero-order valence-electron chi connectivity index (χ0n) is 15.2. The van der Waals surface area contributed by atoms with E-state index in [0.29, 0.717) is 18.2 Å². The molecule has 0 aliphatic rings. The van der Waals surface area contributed by atoms with Gasteiger partial charge in [0, 0.05) is 5.69 Å². The lowest BCUT2D eigenvalue weighted by atomic mass is 9.97. The van der Waals surface area contributed by atoms with Crippen molar-refractivity contribution in [3.05, 3.63) is 71.0 Å². The molecule has 6 nitrogen and oxygen atoms in total. The van der Waals surface area contributed by atoms with E-state index in [0.717, 1.165) is 11.3 Å². The van der Waals surface area contributed by atoms with Gasteiger partial charge < -0.3 is 5.32 Å². The topological polar surface area (TPSA) is 83.6 Å². The summed E-state index contributed by atoms with van der Waals surface area (Å²) in [5.74, 6) is 0.181. The van der Waals surface area contributed by atoms with Gasteiger partial charge in [0.25, 0.3) is 0 Å². The Kier molecular flexibility index (Phi) is 5.41. The summed E-state index contributed by atoms with van der Waals surface area (Å²) >= 11 is 0. The molecule has 3 rings (SSSR count). The summed E-state index contributed by atoms with van der Waals surface area (Å²) in [6.07, 6.45) is 0.510. The highest BCUT2D eigenvalue weighted by Crippen LogP contribution is 2.22. The summed E-state index contributed by atoms with van der Waals surface area (Å²) in [6, 6.07) is 16.0. The number of nitrogens with one attached hydrogen (secondary N) is 2. The maximum absolute atomic E-state index is 12.9. The zero-order chi connectivity index (χ0) is 18.5. The number of anilines is 1. The number of aromatic nitrogens is 4. The summed E-state index contributed by atoms with van der Waals surface area (Å²) < 4.78 is 0. The van der Waals surface area contributed by atoms with Crippen molar-refractivity contribution < 1.29 is 4.79 Å². The van der Waals surface area contributed by atoms with Gasteiger partial charge in [0.05, 0.1) is 0 Å². The highest BCUT2D eigenvalue weighted by atomic mass is 16.1. The van der Waals surface area contributed by atoms with Crippen molar-refractivity contribution in [3.63, 3.8) is 0 Å². The van der Waals surface area contributed by atoms with Crippen LogP contribution in [0.3, 0.4) is 0 Å². The summed E-state index contributed by atoms with van der Waals surface area (Å²) in [6.45, 7) is 6.32. The Balaban J connectivity index is 1.77. The maximum atomic E-state index is 12.9. The number of H-pyrrole nitrogens is 1. The van der Waals surface area contributed by atoms with E-state index in [2.05, 4.69) is 39.8 Å². The molecule has 0 aliphatic heterocycles. The van der Waals surface area contributed by atoms with Crippen LogP contribution < -0.4 is 5.32 Å². The number of rotatable bonds is 6. The summed E-state index contributed by atoms with van der Waals surface area (Å²) in [5, 5.41) is 17.0. The molecule has 1 unspecified atom stereocenters. The van der Waals surface area contributed by atoms with Gasteiger partial charge in [0.2, 0.25) is 5.91 Å². The Hall–Kier alpha value is -3.02. The number of hydrogen-bond donors (Lipinski definition) is 2. The fourth-order valence-electron chi connectivity index (χ4n) is 2.76. The Bertz CT molecular complexity index is 839. The maximum Gasteiger partial charge on any atom is 0.235 e. The van der Waals surface area contributed by atoms with E-state index >= 15 is 0 Å². The van der Waals surface area contributed by atoms with E-state index < -0.39 is 5.92 Å². The van der Waals surface area contributed by atoms with Gasteiger partial charge in [-0.25, -0.2) is 0 Å². The van der Waals surface area contributed by atoms with Gasteiger partial charge in [0.15, 0.2) is 5.82 Å². The van der Waals surface area contributed by atoms with Crippen molar-refractivity contribution in [2.24, 2.45) is 0 Å². The average molecular weight is 349 g/mol. The van der Waals surface area contributed by atoms with Gasteiger partial charge >= 0.3 is 0 Å². The van der Waals surface area contributed by atoms with Gasteiger partial charge in [-0.05, 0) is 42.5 Å². The number of benzene rings is 2. The molecule has 1 aromatic heterocycles. The molecule has 2 aromatic carbocycles. The van der Waals surface area contributed by atoms with Crippen molar-refractivity contribution in [1.29, 1.82) is 0 Å². The van der Waals surface area contributed by atoms with Crippen molar-refractivity contribution in [2.75, 3.05) is 5.32 Å². The molecule has 0 spiro atoms. The van der Waals surface area contributed by atoms with Crippen LogP contribution in [-0.4, -0.2) is 26.5 Å². The summed E-state index contributed by atoms with van der Waals surface area (Å²) in [4.78, 5) is 12.9. The van der Waals surface area contributed by atoms with Crippen molar-refractivity contribution in [1.82, 2.24) is 20.6 Å². The van der Waals surface area contributed by atoms with Crippen LogP contribution in [0.1, 0.15) is 48.2 Å². The third-order valence-corrected chi connectivity index (χ3v) is 4.40. The van der Waals surface area contributed by atoms with E-state index in [-0.39, 0.29) is 5.91 Å². The van der Waals surface area contributed by atoms with Crippen LogP contribution in [0.25, 0.3) is 0 Å². The fraction of sp³-hybridized carbons (Fsp3) is 0.300. The summed E-state index contributed by atoms with van der Waals surface area (Å²) in [7, 11) is 0. The fourth-order valence-corrected chi connectivity index (χ4v) is 2.76. The predicted octanol–water partition coefficient (Wildman–Crippen LogP) is 3.60. The van der Waals surface area contributed by atoms with Crippen LogP contribution in [0.15, 0.2) is 48.5 Å². The second kappa shape index (κ2) is 7.91. The largest absolute Gasteiger partial charge is 0.325 e. The van der Waals surface area contributed by atoms with E-state index in [1.807, 2.05) is 55.5 Å². The average Bonchev–Trinajstić information content (AvgIpc) is 3.16. The van der Waals surface area contributed by atoms with Crippen LogP contribution >= 0.6 is 0 Å². The third kappa shape index (κ3) is 4.33. The number of carbonyl (C=O) groups is 1. The minimum atomic E-state index is -0.513. The van der Waals surface area contributed by atoms with E-state index in [4.69, 9.17) is 0 Å². The molecule has 0 saturated heterocycles. The van der Waals surface area contributed by atoms with Crippen LogP contribution in [0, 0.1) is 6.92 Å². The monoisotopic (exact) mass is 349 g/mol. The minimum absolute atomic E-state index is 0.149. The minimum Gasteiger partial charge on any atom is -0.325 e. The van der Waals surface area contributed by atoms with Gasteiger partial charge in [0.1, 0.15) is 5.92 Å². The molecular weight excluding hydrogens is 326 g/mol. The number of carbonyl (C=O) groups excluding carboxylic acids is 1. The first-order chi connectivity index (χ1) is 12.5. The summed E-state index contributed by atoms with van der Waals surface area (Å²) in [5.41, 5.74) is 4.23. The lowest BCUT2D eigenvalue weighted by Crippen LogP contribution is -2.24. The second-order valence-electron chi connectivity index (χ2n) is 6.78. The van der Waals surface area contributed by atoms with E-state index in [1.54, 1.807) is 0 Å². The third-order valence-electron chi connectivity index (χ3n) is 4.40. The Morgan fingerprint density at radius 3 is 2.35 bits per heavy atom. The lowest BCUT2D eigenvalue weighted by molar-refractivity contribution is -0.117. The van der Waals surface area contributed by atoms with Crippen LogP contribution in [0.4, 0.5) is 5.69 Å². The SMILES string of the molecule is Cc1ccc(CC(C(=O)Nc2ccc(C(C)C)cc2)c2nn[nH]n2)cc1. The van der Waals surface area contributed by atoms with Crippen LogP contribution in [0.5, 0.6) is 0 Å². The number of nitrogens with zero attached hydrogens (tertiary/aromatic N) is 3. The molecule has 6 heteroatoms. The predicted molar refractivity (Wildman–Crippen MR) is 101 cm³/mol. The second-order valence-corrected chi connectivity index (χ2v) is 6.78. The van der Waals surface area contributed by atoms with Crippen LogP contribution in [0.2, 0.25) is 0 Å². The zero-order valence-corrected chi connectivity index (χ0v) is 15.2. The number of tetrazole rings is 1. The molecule has 0 fully saturated rings. The normalized spacial score (nSPS) is 12.2. The molecule has 0 bridgehead atoms. The number of amides is 1. The molecule has 0 radical (unpaired) electrons. The quantitative estimate of drug-likeness (QED) is 0.712. The standard InChI is InChI=1S/C20H23N5O/c1-13(2)16-8-10-17(11-9-16)21-20(26)18(19-22-24-25-23-19)12-15-6-4-14(3)5-7-15/h4-11,13,18H,12H2,1-3H3,(H,21,26)(H,22,23,24,25). The van der Waals surface area contributed by atoms with Gasteiger partial charge in [-0.15, -0.1) is 10.2 Å².